The number of carboxylic acids is 1. The van der Waals surface area contributed by atoms with Gasteiger partial charge in [0.2, 0.25) is 0 Å². The van der Waals surface area contributed by atoms with Crippen LogP contribution in [0.25, 0.3) is 27.6 Å². The van der Waals surface area contributed by atoms with Gasteiger partial charge < -0.3 is 24.6 Å². The number of amides is 1. The second-order valence-electron chi connectivity index (χ2n) is 10.8. The first kappa shape index (κ1) is 33.0. The fourth-order valence-corrected chi connectivity index (χ4v) is 6.13. The van der Waals surface area contributed by atoms with Crippen molar-refractivity contribution in [3.63, 3.8) is 0 Å². The Morgan fingerprint density at radius 3 is 2.18 bits per heavy atom. The predicted molar refractivity (Wildman–Crippen MR) is 182 cm³/mol. The Bertz CT molecular complexity index is 2100. The minimum Gasteiger partial charge on any atom is -0.496 e. The normalized spacial score (nSPS) is 11.6. The van der Waals surface area contributed by atoms with Gasteiger partial charge >= 0.3 is 5.97 Å². The molecular formula is C36H29F2N5O5S. The van der Waals surface area contributed by atoms with Crippen LogP contribution in [0.15, 0.2) is 109 Å². The van der Waals surface area contributed by atoms with Crippen LogP contribution in [0.4, 0.5) is 14.5 Å². The third-order valence-corrected chi connectivity index (χ3v) is 8.66. The van der Waals surface area contributed by atoms with E-state index in [1.165, 1.54) is 6.33 Å². The van der Waals surface area contributed by atoms with Crippen LogP contribution in [0.2, 0.25) is 0 Å². The van der Waals surface area contributed by atoms with Crippen molar-refractivity contribution in [2.75, 3.05) is 18.9 Å². The minimum absolute atomic E-state index is 0.0740. The van der Waals surface area contributed by atoms with Gasteiger partial charge in [0.15, 0.2) is 0 Å². The van der Waals surface area contributed by atoms with Gasteiger partial charge in [0.1, 0.15) is 47.4 Å². The third-order valence-electron chi connectivity index (χ3n) is 7.81. The van der Waals surface area contributed by atoms with Crippen molar-refractivity contribution in [2.24, 2.45) is 0 Å². The number of hydrogen-bond donors (Lipinski definition) is 3. The first-order valence-corrected chi connectivity index (χ1v) is 15.7. The Labute approximate surface area is 283 Å². The highest BCUT2D eigenvalue weighted by Gasteiger charge is 2.27. The van der Waals surface area contributed by atoms with Gasteiger partial charge in [-0.1, -0.05) is 42.5 Å². The van der Waals surface area contributed by atoms with Crippen LogP contribution in [0.5, 0.6) is 11.5 Å². The molecule has 1 atom stereocenters. The van der Waals surface area contributed by atoms with E-state index >= 15 is 8.78 Å². The van der Waals surface area contributed by atoms with Crippen LogP contribution in [-0.4, -0.2) is 52.0 Å². The summed E-state index contributed by atoms with van der Waals surface area (Å²) in [7, 11) is 3.12. The van der Waals surface area contributed by atoms with Crippen molar-refractivity contribution in [1.82, 2.24) is 20.1 Å². The van der Waals surface area contributed by atoms with Crippen molar-refractivity contribution in [1.29, 1.82) is 0 Å². The van der Waals surface area contributed by atoms with E-state index in [4.69, 9.17) is 9.47 Å². The van der Waals surface area contributed by atoms with Crippen LogP contribution in [0, 0.1) is 11.6 Å². The van der Waals surface area contributed by atoms with Crippen molar-refractivity contribution >= 4 is 40.3 Å². The minimum atomic E-state index is -1.49. The molecule has 0 saturated carbocycles. The maximum absolute atomic E-state index is 15.2. The second kappa shape index (κ2) is 14.4. The summed E-state index contributed by atoms with van der Waals surface area (Å²) in [4.78, 5) is 30.1. The van der Waals surface area contributed by atoms with E-state index in [1.807, 2.05) is 48.5 Å². The lowest BCUT2D eigenvalue weighted by Crippen LogP contribution is -2.43. The Morgan fingerprint density at radius 2 is 1.57 bits per heavy atom. The topological polar surface area (TPSA) is 128 Å². The standard InChI is InChI=1S/C36H29F2N5O5S/c1-47-31-8-5-9-32(48-2)33(31)27-15-10-21(25-6-3-4-7-26(25)27)16-30(36(45)46)41-35(44)34-28(37)17-22(18-29(34)38)42-49-24-13-11-23(12-14-24)43-20-39-19-40-43/h3-15,17-20,30,42H,16H2,1-2H3,(H,41,44)(H,45,46)/t30-/m0/s1. The number of carbonyl (C=O) groups is 2. The number of nitrogens with one attached hydrogen (secondary N) is 2. The quantitative estimate of drug-likeness (QED) is 0.118. The smallest absolute Gasteiger partial charge is 0.326 e. The van der Waals surface area contributed by atoms with Crippen LogP contribution in [0.1, 0.15) is 15.9 Å². The number of carbonyl (C=O) groups excluding carboxylic acids is 1. The molecule has 0 spiro atoms. The summed E-state index contributed by atoms with van der Waals surface area (Å²) in [5.41, 5.74) is 2.10. The predicted octanol–water partition coefficient (Wildman–Crippen LogP) is 6.93. The number of anilines is 1. The van der Waals surface area contributed by atoms with E-state index in [2.05, 4.69) is 20.1 Å². The van der Waals surface area contributed by atoms with Crippen LogP contribution < -0.4 is 19.5 Å². The van der Waals surface area contributed by atoms with Gasteiger partial charge in [-0.3, -0.25) is 4.79 Å². The lowest BCUT2D eigenvalue weighted by molar-refractivity contribution is -0.139. The lowest BCUT2D eigenvalue weighted by Gasteiger charge is -2.19. The molecule has 0 saturated heterocycles. The molecule has 248 valence electrons. The van der Waals surface area contributed by atoms with Gasteiger partial charge in [-0.2, -0.15) is 5.10 Å². The molecule has 1 aromatic heterocycles. The highest BCUT2D eigenvalue weighted by Crippen LogP contribution is 2.42. The van der Waals surface area contributed by atoms with Gasteiger partial charge in [0, 0.05) is 11.3 Å². The number of carboxylic acid groups (broad SMARTS) is 1. The molecule has 3 N–H and O–H groups in total. The lowest BCUT2D eigenvalue weighted by atomic mass is 9.91. The zero-order chi connectivity index (χ0) is 34.5. The molecule has 0 bridgehead atoms. The van der Waals surface area contributed by atoms with Crippen molar-refractivity contribution < 1.29 is 33.0 Å². The van der Waals surface area contributed by atoms with Crippen LogP contribution in [0.3, 0.4) is 0 Å². The summed E-state index contributed by atoms with van der Waals surface area (Å²) < 4.78 is 46.0. The van der Waals surface area contributed by atoms with Gasteiger partial charge in [-0.05, 0) is 82.4 Å². The molecule has 0 unspecified atom stereocenters. The van der Waals surface area contributed by atoms with E-state index in [0.717, 1.165) is 56.6 Å². The average Bonchev–Trinajstić information content (AvgIpc) is 3.65. The van der Waals surface area contributed by atoms with Gasteiger partial charge in [-0.25, -0.2) is 23.2 Å². The van der Waals surface area contributed by atoms with Gasteiger partial charge in [0.25, 0.3) is 5.91 Å². The number of aromatic nitrogens is 3. The average molecular weight is 682 g/mol. The van der Waals surface area contributed by atoms with Crippen molar-refractivity contribution in [2.45, 2.75) is 17.4 Å². The molecule has 0 radical (unpaired) electrons. The molecule has 5 aromatic carbocycles. The summed E-state index contributed by atoms with van der Waals surface area (Å²) in [5.74, 6) is -3.66. The number of methoxy groups -OCH3 is 2. The number of benzene rings is 5. The first-order chi connectivity index (χ1) is 23.8. The summed E-state index contributed by atoms with van der Waals surface area (Å²) in [5, 5.41) is 17.9. The number of hydrogen-bond acceptors (Lipinski definition) is 8. The molecule has 1 heterocycles. The van der Waals surface area contributed by atoms with E-state index in [0.29, 0.717) is 17.1 Å². The molecule has 6 aromatic rings. The zero-order valence-corrected chi connectivity index (χ0v) is 27.0. The number of rotatable bonds is 12. The number of nitrogens with zero attached hydrogens (tertiary/aromatic N) is 3. The monoisotopic (exact) mass is 681 g/mol. The number of fused-ring (bicyclic) bond motifs is 1. The van der Waals surface area contributed by atoms with Crippen LogP contribution in [-0.2, 0) is 11.2 Å². The maximum Gasteiger partial charge on any atom is 0.326 e. The second-order valence-corrected chi connectivity index (χ2v) is 11.7. The fraction of sp³-hybridized carbons (Fsp3) is 0.111. The highest BCUT2D eigenvalue weighted by molar-refractivity contribution is 8.00. The summed E-state index contributed by atoms with van der Waals surface area (Å²) in [6.07, 6.45) is 2.82. The van der Waals surface area contributed by atoms with Crippen molar-refractivity contribution in [3.05, 3.63) is 126 Å². The highest BCUT2D eigenvalue weighted by atomic mass is 32.2. The van der Waals surface area contributed by atoms with Gasteiger partial charge in [-0.15, -0.1) is 0 Å². The molecule has 0 fully saturated rings. The van der Waals surface area contributed by atoms with Crippen LogP contribution >= 0.6 is 11.9 Å². The molecule has 13 heteroatoms. The van der Waals surface area contributed by atoms with Crippen molar-refractivity contribution in [3.8, 4) is 28.3 Å². The SMILES string of the molecule is COc1cccc(OC)c1-c1ccc(C[C@H](NC(=O)c2c(F)cc(NSc3ccc(-n4cncn4)cc3)cc2F)C(=O)O)c2ccccc12. The Hall–Kier alpha value is -5.95. The zero-order valence-electron chi connectivity index (χ0n) is 26.2. The molecule has 0 aliphatic carbocycles. The van der Waals surface area contributed by atoms with E-state index < -0.39 is 35.1 Å². The number of halogens is 2. The Morgan fingerprint density at radius 1 is 0.898 bits per heavy atom. The van der Waals surface area contributed by atoms with E-state index in [1.54, 1.807) is 55.6 Å². The number of ether oxygens (including phenoxy) is 2. The molecule has 10 nitrogen and oxygen atoms in total. The van der Waals surface area contributed by atoms with E-state index in [9.17, 15) is 14.7 Å². The Balaban J connectivity index is 1.20. The molecular weight excluding hydrogens is 652 g/mol. The summed E-state index contributed by atoms with van der Waals surface area (Å²) in [6.45, 7) is 0. The molecule has 1 amide bonds. The largest absolute Gasteiger partial charge is 0.496 e. The first-order valence-electron chi connectivity index (χ1n) is 14.9. The summed E-state index contributed by atoms with van der Waals surface area (Å²) >= 11 is 1.11. The van der Waals surface area contributed by atoms with E-state index in [-0.39, 0.29) is 12.1 Å². The van der Waals surface area contributed by atoms with Gasteiger partial charge in [0.05, 0.1) is 31.2 Å². The maximum atomic E-state index is 15.2. The third kappa shape index (κ3) is 7.02. The fourth-order valence-electron chi connectivity index (χ4n) is 5.50. The Kier molecular flexibility index (Phi) is 9.72. The summed E-state index contributed by atoms with van der Waals surface area (Å²) in [6, 6.07) is 24.1. The number of aliphatic carboxylic acids is 1. The molecule has 0 aliphatic rings. The molecule has 49 heavy (non-hydrogen) atoms. The molecule has 6 rings (SSSR count). The molecule has 0 aliphatic heterocycles.